The highest BCUT2D eigenvalue weighted by molar-refractivity contribution is 7.22. The Morgan fingerprint density at radius 1 is 1.15 bits per heavy atom. The summed E-state index contributed by atoms with van der Waals surface area (Å²) in [5, 5.41) is 3.44. The van der Waals surface area contributed by atoms with Crippen molar-refractivity contribution in [3.05, 3.63) is 53.3 Å². The van der Waals surface area contributed by atoms with Gasteiger partial charge in [0.05, 0.1) is 15.9 Å². The first kappa shape index (κ1) is 12.7. The number of benzene rings is 1. The molecule has 0 atom stereocenters. The molecule has 2 aromatic heterocycles. The third-order valence-electron chi connectivity index (χ3n) is 2.93. The molecular formula is C15H13N3OS. The summed E-state index contributed by atoms with van der Waals surface area (Å²) in [7, 11) is 0. The summed E-state index contributed by atoms with van der Waals surface area (Å²) < 4.78 is 1.01. The number of aromatic nitrogens is 2. The van der Waals surface area contributed by atoms with E-state index >= 15 is 0 Å². The van der Waals surface area contributed by atoms with E-state index in [9.17, 15) is 4.79 Å². The van der Waals surface area contributed by atoms with E-state index in [0.29, 0.717) is 10.7 Å². The minimum atomic E-state index is -0.146. The largest absolute Gasteiger partial charge is 0.298 e. The maximum atomic E-state index is 12.1. The van der Waals surface area contributed by atoms with Gasteiger partial charge in [0, 0.05) is 11.3 Å². The molecule has 0 aliphatic carbocycles. The molecule has 0 saturated carbocycles. The minimum absolute atomic E-state index is 0.146. The van der Waals surface area contributed by atoms with Gasteiger partial charge in [-0.1, -0.05) is 29.5 Å². The predicted octanol–water partition coefficient (Wildman–Crippen LogP) is 3.56. The molecule has 100 valence electrons. The van der Waals surface area contributed by atoms with E-state index in [-0.39, 0.29) is 5.91 Å². The van der Waals surface area contributed by atoms with Crippen LogP contribution in [0.5, 0.6) is 0 Å². The van der Waals surface area contributed by atoms with Gasteiger partial charge < -0.3 is 0 Å². The molecule has 0 fully saturated rings. The molecule has 0 radical (unpaired) electrons. The smallest absolute Gasteiger partial charge is 0.257 e. The van der Waals surface area contributed by atoms with E-state index in [1.54, 1.807) is 12.1 Å². The molecule has 20 heavy (non-hydrogen) atoms. The summed E-state index contributed by atoms with van der Waals surface area (Å²) in [5.74, 6) is -0.146. The van der Waals surface area contributed by atoms with Crippen LogP contribution in [-0.4, -0.2) is 15.9 Å². The van der Waals surface area contributed by atoms with Gasteiger partial charge in [0.15, 0.2) is 5.13 Å². The molecule has 0 aliphatic heterocycles. The van der Waals surface area contributed by atoms with E-state index in [4.69, 9.17) is 0 Å². The first-order chi connectivity index (χ1) is 9.63. The number of carbonyl (C=O) groups is 1. The number of carbonyl (C=O) groups excluding carboxylic acids is 1. The second-order valence-electron chi connectivity index (χ2n) is 4.54. The first-order valence-corrected chi connectivity index (χ1v) is 7.06. The topological polar surface area (TPSA) is 54.9 Å². The lowest BCUT2D eigenvalue weighted by Crippen LogP contribution is -2.11. The van der Waals surface area contributed by atoms with Gasteiger partial charge in [-0.25, -0.2) is 4.98 Å². The zero-order chi connectivity index (χ0) is 14.1. The number of hydrogen-bond acceptors (Lipinski definition) is 4. The standard InChI is InChI=1S/C15H13N3OS/c1-9-8-12-13(10(2)16-9)20-15(17-12)18-14(19)11-6-4-3-5-7-11/h3-8H,1-2H3,(H,17,18,19). The minimum Gasteiger partial charge on any atom is -0.298 e. The Labute approximate surface area is 120 Å². The van der Waals surface area contributed by atoms with Crippen LogP contribution in [0.3, 0.4) is 0 Å². The normalized spacial score (nSPS) is 10.7. The van der Waals surface area contributed by atoms with Crippen LogP contribution < -0.4 is 5.32 Å². The van der Waals surface area contributed by atoms with Crippen molar-refractivity contribution in [2.45, 2.75) is 13.8 Å². The molecule has 1 amide bonds. The van der Waals surface area contributed by atoms with Crippen molar-refractivity contribution < 1.29 is 4.79 Å². The number of amides is 1. The molecule has 2 heterocycles. The van der Waals surface area contributed by atoms with Gasteiger partial charge in [0.1, 0.15) is 0 Å². The van der Waals surface area contributed by atoms with Crippen molar-refractivity contribution in [3.63, 3.8) is 0 Å². The van der Waals surface area contributed by atoms with Crippen LogP contribution in [0.2, 0.25) is 0 Å². The number of hydrogen-bond donors (Lipinski definition) is 1. The fourth-order valence-electron chi connectivity index (χ4n) is 2.05. The van der Waals surface area contributed by atoms with Crippen LogP contribution in [0.4, 0.5) is 5.13 Å². The molecule has 0 saturated heterocycles. The Balaban J connectivity index is 1.92. The molecule has 4 nitrogen and oxygen atoms in total. The van der Waals surface area contributed by atoms with Crippen LogP contribution in [0, 0.1) is 13.8 Å². The lowest BCUT2D eigenvalue weighted by molar-refractivity contribution is 0.102. The summed E-state index contributed by atoms with van der Waals surface area (Å²) in [6.07, 6.45) is 0. The number of aryl methyl sites for hydroxylation is 2. The van der Waals surface area contributed by atoms with Gasteiger partial charge >= 0.3 is 0 Å². The van der Waals surface area contributed by atoms with Gasteiger partial charge in [-0.2, -0.15) is 0 Å². The number of anilines is 1. The Morgan fingerprint density at radius 3 is 2.65 bits per heavy atom. The van der Waals surface area contributed by atoms with Crippen molar-refractivity contribution in [1.82, 2.24) is 9.97 Å². The average molecular weight is 283 g/mol. The van der Waals surface area contributed by atoms with Crippen LogP contribution in [0.15, 0.2) is 36.4 Å². The molecule has 5 heteroatoms. The second-order valence-corrected chi connectivity index (χ2v) is 5.54. The Hall–Kier alpha value is -2.27. The van der Waals surface area contributed by atoms with E-state index < -0.39 is 0 Å². The van der Waals surface area contributed by atoms with Gasteiger partial charge in [-0.15, -0.1) is 0 Å². The molecular weight excluding hydrogens is 270 g/mol. The molecule has 0 unspecified atom stereocenters. The molecule has 0 bridgehead atoms. The van der Waals surface area contributed by atoms with Crippen molar-refractivity contribution in [3.8, 4) is 0 Å². The third-order valence-corrected chi connectivity index (χ3v) is 4.02. The van der Waals surface area contributed by atoms with Crippen LogP contribution in [0.25, 0.3) is 10.2 Å². The van der Waals surface area contributed by atoms with Gasteiger partial charge in [0.2, 0.25) is 0 Å². The predicted molar refractivity (Wildman–Crippen MR) is 81.3 cm³/mol. The SMILES string of the molecule is Cc1cc2nc(NC(=O)c3ccccc3)sc2c(C)n1. The van der Waals surface area contributed by atoms with Gasteiger partial charge in [-0.05, 0) is 32.0 Å². The summed E-state index contributed by atoms with van der Waals surface area (Å²) in [4.78, 5) is 20.9. The number of nitrogens with zero attached hydrogens (tertiary/aromatic N) is 2. The number of pyridine rings is 1. The summed E-state index contributed by atoms with van der Waals surface area (Å²) in [6.45, 7) is 3.89. The van der Waals surface area contributed by atoms with Crippen molar-refractivity contribution in [1.29, 1.82) is 0 Å². The van der Waals surface area contributed by atoms with E-state index in [1.807, 2.05) is 38.1 Å². The highest BCUT2D eigenvalue weighted by Gasteiger charge is 2.11. The monoisotopic (exact) mass is 283 g/mol. The highest BCUT2D eigenvalue weighted by atomic mass is 32.1. The molecule has 0 spiro atoms. The number of fused-ring (bicyclic) bond motifs is 1. The maximum absolute atomic E-state index is 12.1. The van der Waals surface area contributed by atoms with Crippen LogP contribution >= 0.6 is 11.3 Å². The highest BCUT2D eigenvalue weighted by Crippen LogP contribution is 2.28. The van der Waals surface area contributed by atoms with E-state index in [1.165, 1.54) is 11.3 Å². The Bertz CT molecular complexity index is 780. The second kappa shape index (κ2) is 5.02. The zero-order valence-electron chi connectivity index (χ0n) is 11.2. The van der Waals surface area contributed by atoms with Crippen LogP contribution in [-0.2, 0) is 0 Å². The van der Waals surface area contributed by atoms with Crippen molar-refractivity contribution in [2.75, 3.05) is 5.32 Å². The maximum Gasteiger partial charge on any atom is 0.257 e. The van der Waals surface area contributed by atoms with Crippen LogP contribution in [0.1, 0.15) is 21.7 Å². The molecule has 1 N–H and O–H groups in total. The van der Waals surface area contributed by atoms with Crippen molar-refractivity contribution in [2.24, 2.45) is 0 Å². The average Bonchev–Trinajstić information content (AvgIpc) is 2.82. The fraction of sp³-hybridized carbons (Fsp3) is 0.133. The number of rotatable bonds is 2. The molecule has 3 rings (SSSR count). The summed E-state index contributed by atoms with van der Waals surface area (Å²) >= 11 is 1.45. The van der Waals surface area contributed by atoms with Gasteiger partial charge in [0.25, 0.3) is 5.91 Å². The lowest BCUT2D eigenvalue weighted by Gasteiger charge is -2.00. The quantitative estimate of drug-likeness (QED) is 0.782. The van der Waals surface area contributed by atoms with Crippen molar-refractivity contribution >= 4 is 32.6 Å². The molecule has 3 aromatic rings. The number of nitrogens with one attached hydrogen (secondary N) is 1. The molecule has 0 aliphatic rings. The summed E-state index contributed by atoms with van der Waals surface area (Å²) in [6, 6.07) is 11.0. The van der Waals surface area contributed by atoms with Gasteiger partial charge in [-0.3, -0.25) is 15.1 Å². The Morgan fingerprint density at radius 2 is 1.90 bits per heavy atom. The fourth-order valence-corrected chi connectivity index (χ4v) is 2.93. The third kappa shape index (κ3) is 2.40. The Kier molecular flexibility index (Phi) is 3.20. The number of thiazole rings is 1. The molecule has 1 aromatic carbocycles. The summed E-state index contributed by atoms with van der Waals surface area (Å²) in [5.41, 5.74) is 3.38. The van der Waals surface area contributed by atoms with E-state index in [2.05, 4.69) is 15.3 Å². The zero-order valence-corrected chi connectivity index (χ0v) is 12.0. The lowest BCUT2D eigenvalue weighted by atomic mass is 10.2. The first-order valence-electron chi connectivity index (χ1n) is 6.24. The van der Waals surface area contributed by atoms with E-state index in [0.717, 1.165) is 21.6 Å².